The average Bonchev–Trinajstić information content (AvgIpc) is 1.63. The van der Waals surface area contributed by atoms with Gasteiger partial charge in [0.2, 0.25) is 0 Å². The van der Waals surface area contributed by atoms with Crippen LogP contribution in [0.2, 0.25) is 0 Å². The van der Waals surface area contributed by atoms with E-state index in [1.807, 2.05) is 6.21 Å². The molecule has 0 aliphatic carbocycles. The molecular formula is C7H16N2. The molecule has 0 heterocycles. The third kappa shape index (κ3) is 5.50. The Morgan fingerprint density at radius 2 is 1.89 bits per heavy atom. The van der Waals surface area contributed by atoms with Crippen LogP contribution in [0.3, 0.4) is 0 Å². The van der Waals surface area contributed by atoms with Crippen molar-refractivity contribution in [1.29, 1.82) is 0 Å². The lowest BCUT2D eigenvalue weighted by molar-refractivity contribution is 0.571. The Morgan fingerprint density at radius 3 is 2.22 bits per heavy atom. The molecule has 54 valence electrons. The maximum atomic E-state index is 3.90. The van der Waals surface area contributed by atoms with Crippen molar-refractivity contribution in [2.75, 3.05) is 7.05 Å². The smallest absolute Gasteiger partial charge is 0.0393 e. The summed E-state index contributed by atoms with van der Waals surface area (Å²) in [5.74, 6) is 0. The van der Waals surface area contributed by atoms with Crippen LogP contribution < -0.4 is 5.32 Å². The summed E-state index contributed by atoms with van der Waals surface area (Å²) in [4.78, 5) is 3.90. The van der Waals surface area contributed by atoms with E-state index in [0.29, 0.717) is 12.1 Å². The Kier molecular flexibility index (Phi) is 4.32. The van der Waals surface area contributed by atoms with Crippen LogP contribution in [0.5, 0.6) is 0 Å². The second-order valence-electron chi connectivity index (χ2n) is 2.52. The lowest BCUT2D eigenvalue weighted by Gasteiger charge is -2.11. The largest absolute Gasteiger partial charge is 0.307 e. The van der Waals surface area contributed by atoms with Gasteiger partial charge < -0.3 is 5.32 Å². The standard InChI is InChI=1S/C7H16N2/c1-6(2)9-7(3)5-8-4/h5-7,9H,1-4H3. The number of nitrogens with one attached hydrogen (secondary N) is 1. The topological polar surface area (TPSA) is 24.4 Å². The van der Waals surface area contributed by atoms with E-state index in [1.54, 1.807) is 7.05 Å². The fraction of sp³-hybridized carbons (Fsp3) is 0.857. The van der Waals surface area contributed by atoms with E-state index in [-0.39, 0.29) is 0 Å². The Bertz CT molecular complexity index is 86.9. The van der Waals surface area contributed by atoms with Crippen molar-refractivity contribution in [3.05, 3.63) is 0 Å². The minimum Gasteiger partial charge on any atom is -0.307 e. The number of hydrogen-bond donors (Lipinski definition) is 1. The molecule has 0 aliphatic rings. The first-order chi connectivity index (χ1) is 4.16. The summed E-state index contributed by atoms with van der Waals surface area (Å²) in [7, 11) is 1.79. The highest BCUT2D eigenvalue weighted by molar-refractivity contribution is 5.63. The Hall–Kier alpha value is -0.370. The molecule has 0 aromatic carbocycles. The van der Waals surface area contributed by atoms with Crippen LogP contribution in [0.15, 0.2) is 4.99 Å². The fourth-order valence-electron chi connectivity index (χ4n) is 0.792. The van der Waals surface area contributed by atoms with Gasteiger partial charge in [0, 0.05) is 25.3 Å². The van der Waals surface area contributed by atoms with Crippen molar-refractivity contribution in [2.45, 2.75) is 32.9 Å². The summed E-state index contributed by atoms with van der Waals surface area (Å²) in [6, 6.07) is 0.938. The molecule has 0 spiro atoms. The van der Waals surface area contributed by atoms with Gasteiger partial charge in [-0.25, -0.2) is 0 Å². The summed E-state index contributed by atoms with van der Waals surface area (Å²) in [5.41, 5.74) is 0. The summed E-state index contributed by atoms with van der Waals surface area (Å²) in [6.45, 7) is 6.34. The first kappa shape index (κ1) is 8.63. The molecule has 0 saturated heterocycles. The van der Waals surface area contributed by atoms with E-state index < -0.39 is 0 Å². The van der Waals surface area contributed by atoms with Gasteiger partial charge in [0.05, 0.1) is 0 Å². The highest BCUT2D eigenvalue weighted by atomic mass is 14.9. The van der Waals surface area contributed by atoms with Gasteiger partial charge in [-0.3, -0.25) is 4.99 Å². The Morgan fingerprint density at radius 1 is 1.33 bits per heavy atom. The number of hydrogen-bond acceptors (Lipinski definition) is 2. The summed E-state index contributed by atoms with van der Waals surface area (Å²) in [5, 5.41) is 3.29. The van der Waals surface area contributed by atoms with Crippen molar-refractivity contribution >= 4 is 6.21 Å². The van der Waals surface area contributed by atoms with Crippen LogP contribution in [-0.2, 0) is 0 Å². The van der Waals surface area contributed by atoms with Gasteiger partial charge >= 0.3 is 0 Å². The van der Waals surface area contributed by atoms with Gasteiger partial charge in [-0.1, -0.05) is 13.8 Å². The van der Waals surface area contributed by atoms with Crippen LogP contribution >= 0.6 is 0 Å². The molecule has 9 heavy (non-hydrogen) atoms. The molecule has 1 atom stereocenters. The van der Waals surface area contributed by atoms with Crippen LogP contribution in [0.25, 0.3) is 0 Å². The van der Waals surface area contributed by atoms with Crippen LogP contribution in [-0.4, -0.2) is 25.3 Å². The molecule has 1 unspecified atom stereocenters. The predicted octanol–water partition coefficient (Wildman–Crippen LogP) is 1.07. The molecule has 0 saturated carbocycles. The molecule has 0 amide bonds. The van der Waals surface area contributed by atoms with Gasteiger partial charge in [0.25, 0.3) is 0 Å². The zero-order chi connectivity index (χ0) is 7.28. The minimum atomic E-state index is 0.398. The van der Waals surface area contributed by atoms with Crippen molar-refractivity contribution in [3.63, 3.8) is 0 Å². The van der Waals surface area contributed by atoms with Crippen molar-refractivity contribution in [1.82, 2.24) is 5.32 Å². The Labute approximate surface area is 57.4 Å². The molecule has 0 radical (unpaired) electrons. The first-order valence-corrected chi connectivity index (χ1v) is 3.35. The molecule has 0 aliphatic heterocycles. The van der Waals surface area contributed by atoms with Crippen molar-refractivity contribution < 1.29 is 0 Å². The second kappa shape index (κ2) is 4.50. The van der Waals surface area contributed by atoms with E-state index in [4.69, 9.17) is 0 Å². The molecule has 2 heteroatoms. The molecular weight excluding hydrogens is 112 g/mol. The predicted molar refractivity (Wildman–Crippen MR) is 42.1 cm³/mol. The van der Waals surface area contributed by atoms with Crippen LogP contribution in [0.4, 0.5) is 0 Å². The maximum Gasteiger partial charge on any atom is 0.0393 e. The maximum absolute atomic E-state index is 3.90. The summed E-state index contributed by atoms with van der Waals surface area (Å²) < 4.78 is 0. The SMILES string of the molecule is CN=CC(C)NC(C)C. The normalized spacial score (nSPS) is 15.2. The molecule has 0 aromatic heterocycles. The van der Waals surface area contributed by atoms with Gasteiger partial charge in [-0.05, 0) is 6.92 Å². The quantitative estimate of drug-likeness (QED) is 0.565. The average molecular weight is 128 g/mol. The molecule has 0 aromatic rings. The van der Waals surface area contributed by atoms with Gasteiger partial charge in [-0.15, -0.1) is 0 Å². The zero-order valence-electron chi connectivity index (χ0n) is 6.68. The molecule has 0 fully saturated rings. The summed E-state index contributed by atoms with van der Waals surface area (Å²) in [6.07, 6.45) is 1.90. The molecule has 2 nitrogen and oxygen atoms in total. The highest BCUT2D eigenvalue weighted by Crippen LogP contribution is 1.81. The third-order valence-electron chi connectivity index (χ3n) is 0.969. The number of rotatable bonds is 3. The van der Waals surface area contributed by atoms with Gasteiger partial charge in [0.1, 0.15) is 0 Å². The van der Waals surface area contributed by atoms with E-state index in [1.165, 1.54) is 0 Å². The number of aliphatic imine (C=N–C) groups is 1. The lowest BCUT2D eigenvalue weighted by Crippen LogP contribution is -2.33. The Balaban J connectivity index is 3.38. The lowest BCUT2D eigenvalue weighted by atomic mass is 10.3. The van der Waals surface area contributed by atoms with Crippen molar-refractivity contribution in [2.24, 2.45) is 4.99 Å². The monoisotopic (exact) mass is 128 g/mol. The third-order valence-corrected chi connectivity index (χ3v) is 0.969. The summed E-state index contributed by atoms with van der Waals surface area (Å²) >= 11 is 0. The van der Waals surface area contributed by atoms with E-state index in [2.05, 4.69) is 31.1 Å². The van der Waals surface area contributed by atoms with E-state index >= 15 is 0 Å². The van der Waals surface area contributed by atoms with Gasteiger partial charge in [0.15, 0.2) is 0 Å². The highest BCUT2D eigenvalue weighted by Gasteiger charge is 1.96. The van der Waals surface area contributed by atoms with E-state index in [0.717, 1.165) is 0 Å². The minimum absolute atomic E-state index is 0.398. The molecule has 0 rings (SSSR count). The first-order valence-electron chi connectivity index (χ1n) is 3.35. The second-order valence-corrected chi connectivity index (χ2v) is 2.52. The fourth-order valence-corrected chi connectivity index (χ4v) is 0.792. The zero-order valence-corrected chi connectivity index (χ0v) is 6.68. The molecule has 0 bridgehead atoms. The van der Waals surface area contributed by atoms with Crippen molar-refractivity contribution in [3.8, 4) is 0 Å². The van der Waals surface area contributed by atoms with E-state index in [9.17, 15) is 0 Å². The number of nitrogens with zero attached hydrogens (tertiary/aromatic N) is 1. The van der Waals surface area contributed by atoms with Gasteiger partial charge in [-0.2, -0.15) is 0 Å². The van der Waals surface area contributed by atoms with Crippen LogP contribution in [0.1, 0.15) is 20.8 Å². The van der Waals surface area contributed by atoms with Crippen LogP contribution in [0, 0.1) is 0 Å². The molecule has 1 N–H and O–H groups in total.